The van der Waals surface area contributed by atoms with Crippen LogP contribution in [0.3, 0.4) is 0 Å². The summed E-state index contributed by atoms with van der Waals surface area (Å²) >= 11 is 0. The van der Waals surface area contributed by atoms with E-state index in [1.54, 1.807) is 32.4 Å². The second-order valence-corrected chi connectivity index (χ2v) is 9.07. The van der Waals surface area contributed by atoms with Crippen molar-refractivity contribution in [1.29, 1.82) is 0 Å². The Morgan fingerprint density at radius 3 is 2.50 bits per heavy atom. The van der Waals surface area contributed by atoms with Crippen LogP contribution in [0.4, 0.5) is 11.6 Å². The molecule has 32 heavy (non-hydrogen) atoms. The average molecular weight is 434 g/mol. The van der Waals surface area contributed by atoms with Crippen LogP contribution < -0.4 is 9.80 Å². The van der Waals surface area contributed by atoms with E-state index in [4.69, 9.17) is 0 Å². The molecule has 4 rings (SSSR count). The molecule has 3 aromatic heterocycles. The van der Waals surface area contributed by atoms with Gasteiger partial charge in [0.05, 0.1) is 23.8 Å². The minimum atomic E-state index is -0.993. The number of aromatic nitrogens is 5. The number of piperazine rings is 1. The Hall–Kier alpha value is -3.13. The molecule has 1 saturated heterocycles. The van der Waals surface area contributed by atoms with Gasteiger partial charge in [-0.05, 0) is 57.4 Å². The minimum absolute atomic E-state index is 0.239. The molecule has 0 unspecified atom stereocenters. The molecule has 1 aliphatic heterocycles. The average Bonchev–Trinajstić information content (AvgIpc) is 2.77. The zero-order valence-corrected chi connectivity index (χ0v) is 19.4. The molecule has 0 aliphatic carbocycles. The first-order valence-corrected chi connectivity index (χ1v) is 11.0. The molecule has 1 fully saturated rings. The third-order valence-corrected chi connectivity index (χ3v) is 6.18. The number of hydrogen-bond acceptors (Lipinski definition) is 8. The van der Waals surface area contributed by atoms with Crippen LogP contribution in [0.2, 0.25) is 0 Å². The molecule has 1 atom stereocenters. The van der Waals surface area contributed by atoms with Gasteiger partial charge in [-0.25, -0.2) is 4.98 Å². The van der Waals surface area contributed by atoms with Crippen LogP contribution in [0.25, 0.3) is 0 Å². The van der Waals surface area contributed by atoms with E-state index in [0.717, 1.165) is 48.9 Å². The standard InChI is InChI=1S/C24H31N7O/c1-16-15-30(9-10-31(16)22-14-26-21(13-27-22)24(4,5)32)23-18(3)17(2)20(28-29-23)11-19-7-6-8-25-12-19/h6-8,12-14,16,32H,9-11,15H2,1-5H3/t16-/m1/s1. The van der Waals surface area contributed by atoms with Crippen LogP contribution in [0, 0.1) is 13.8 Å². The Morgan fingerprint density at radius 2 is 1.88 bits per heavy atom. The quantitative estimate of drug-likeness (QED) is 0.657. The molecule has 1 N–H and O–H groups in total. The molecule has 1 aliphatic rings. The van der Waals surface area contributed by atoms with Crippen molar-refractivity contribution in [3.63, 3.8) is 0 Å². The lowest BCUT2D eigenvalue weighted by Gasteiger charge is -2.41. The molecule has 0 amide bonds. The predicted molar refractivity (Wildman–Crippen MR) is 125 cm³/mol. The van der Waals surface area contributed by atoms with E-state index in [2.05, 4.69) is 61.8 Å². The highest BCUT2D eigenvalue weighted by Gasteiger charge is 2.28. The second kappa shape index (κ2) is 8.78. The van der Waals surface area contributed by atoms with E-state index in [9.17, 15) is 5.11 Å². The van der Waals surface area contributed by atoms with Crippen molar-refractivity contribution in [2.75, 3.05) is 29.4 Å². The topological polar surface area (TPSA) is 91.2 Å². The maximum absolute atomic E-state index is 10.1. The lowest BCUT2D eigenvalue weighted by molar-refractivity contribution is 0.0734. The van der Waals surface area contributed by atoms with Crippen LogP contribution >= 0.6 is 0 Å². The van der Waals surface area contributed by atoms with Crippen molar-refractivity contribution in [3.8, 4) is 0 Å². The first kappa shape index (κ1) is 22.1. The number of hydrogen-bond donors (Lipinski definition) is 1. The normalized spacial score (nSPS) is 17.0. The molecule has 8 nitrogen and oxygen atoms in total. The third kappa shape index (κ3) is 4.55. The summed E-state index contributed by atoms with van der Waals surface area (Å²) in [4.78, 5) is 17.7. The summed E-state index contributed by atoms with van der Waals surface area (Å²) in [5.41, 5.74) is 4.06. The Kier molecular flexibility index (Phi) is 6.06. The summed E-state index contributed by atoms with van der Waals surface area (Å²) in [6, 6.07) is 4.25. The number of pyridine rings is 1. The van der Waals surface area contributed by atoms with Gasteiger partial charge in [0.25, 0.3) is 0 Å². The highest BCUT2D eigenvalue weighted by Crippen LogP contribution is 2.27. The predicted octanol–water partition coefficient (Wildman–Crippen LogP) is 2.81. The highest BCUT2D eigenvalue weighted by molar-refractivity contribution is 5.52. The van der Waals surface area contributed by atoms with Gasteiger partial charge in [-0.3, -0.25) is 9.97 Å². The van der Waals surface area contributed by atoms with Gasteiger partial charge >= 0.3 is 0 Å². The third-order valence-electron chi connectivity index (χ3n) is 6.18. The monoisotopic (exact) mass is 433 g/mol. The lowest BCUT2D eigenvalue weighted by atomic mass is 10.0. The highest BCUT2D eigenvalue weighted by atomic mass is 16.3. The van der Waals surface area contributed by atoms with E-state index in [0.29, 0.717) is 5.69 Å². The van der Waals surface area contributed by atoms with Gasteiger partial charge in [0.1, 0.15) is 11.4 Å². The maximum atomic E-state index is 10.1. The molecular formula is C24H31N7O. The van der Waals surface area contributed by atoms with Crippen molar-refractivity contribution in [3.05, 3.63) is 65.0 Å². The van der Waals surface area contributed by atoms with Gasteiger partial charge in [0, 0.05) is 44.5 Å². The molecule has 8 heteroatoms. The minimum Gasteiger partial charge on any atom is -0.384 e. The first-order chi connectivity index (χ1) is 15.2. The summed E-state index contributed by atoms with van der Waals surface area (Å²) in [7, 11) is 0. The van der Waals surface area contributed by atoms with E-state index in [1.165, 1.54) is 11.1 Å². The van der Waals surface area contributed by atoms with Crippen molar-refractivity contribution < 1.29 is 5.11 Å². The second-order valence-electron chi connectivity index (χ2n) is 9.07. The fourth-order valence-corrected chi connectivity index (χ4v) is 4.08. The van der Waals surface area contributed by atoms with Crippen LogP contribution in [-0.2, 0) is 12.0 Å². The molecular weight excluding hydrogens is 402 g/mol. The van der Waals surface area contributed by atoms with Crippen molar-refractivity contribution in [1.82, 2.24) is 25.1 Å². The number of nitrogens with zero attached hydrogens (tertiary/aromatic N) is 7. The van der Waals surface area contributed by atoms with Gasteiger partial charge in [-0.15, -0.1) is 5.10 Å². The fraction of sp³-hybridized carbons (Fsp3) is 0.458. The number of aliphatic hydroxyl groups is 1. The molecule has 0 radical (unpaired) electrons. The van der Waals surface area contributed by atoms with Gasteiger partial charge in [0.15, 0.2) is 5.82 Å². The van der Waals surface area contributed by atoms with E-state index >= 15 is 0 Å². The SMILES string of the molecule is Cc1c(Cc2cccnc2)nnc(N2CCN(c3cnc(C(C)(C)O)cn3)[C@H](C)C2)c1C. The van der Waals surface area contributed by atoms with E-state index < -0.39 is 5.60 Å². The summed E-state index contributed by atoms with van der Waals surface area (Å²) in [5.74, 6) is 1.78. The van der Waals surface area contributed by atoms with E-state index in [-0.39, 0.29) is 6.04 Å². The van der Waals surface area contributed by atoms with Crippen LogP contribution in [-0.4, -0.2) is 55.9 Å². The van der Waals surface area contributed by atoms with Crippen LogP contribution in [0.5, 0.6) is 0 Å². The molecule has 3 aromatic rings. The van der Waals surface area contributed by atoms with Crippen molar-refractivity contribution >= 4 is 11.6 Å². The Bertz CT molecular complexity index is 1060. The van der Waals surface area contributed by atoms with Crippen molar-refractivity contribution in [2.45, 2.75) is 52.7 Å². The van der Waals surface area contributed by atoms with Gasteiger partial charge in [-0.2, -0.15) is 5.10 Å². The first-order valence-electron chi connectivity index (χ1n) is 11.0. The molecule has 0 saturated carbocycles. The Labute approximate surface area is 189 Å². The maximum Gasteiger partial charge on any atom is 0.154 e. The zero-order valence-electron chi connectivity index (χ0n) is 19.4. The van der Waals surface area contributed by atoms with Crippen LogP contribution in [0.1, 0.15) is 48.8 Å². The van der Waals surface area contributed by atoms with Crippen LogP contribution in [0.15, 0.2) is 36.9 Å². The molecule has 168 valence electrons. The summed E-state index contributed by atoms with van der Waals surface area (Å²) in [6.45, 7) is 12.3. The summed E-state index contributed by atoms with van der Waals surface area (Å²) in [6.07, 6.45) is 7.81. The molecule has 4 heterocycles. The zero-order chi connectivity index (χ0) is 22.9. The fourth-order valence-electron chi connectivity index (χ4n) is 4.08. The van der Waals surface area contributed by atoms with E-state index in [1.807, 2.05) is 12.3 Å². The number of anilines is 2. The van der Waals surface area contributed by atoms with Crippen molar-refractivity contribution in [2.24, 2.45) is 0 Å². The summed E-state index contributed by atoms with van der Waals surface area (Å²) < 4.78 is 0. The smallest absolute Gasteiger partial charge is 0.154 e. The Morgan fingerprint density at radius 1 is 1.06 bits per heavy atom. The van der Waals surface area contributed by atoms with Gasteiger partial charge < -0.3 is 14.9 Å². The number of rotatable bonds is 5. The Balaban J connectivity index is 1.48. The molecule has 0 aromatic carbocycles. The van der Waals surface area contributed by atoms with Gasteiger partial charge in [-0.1, -0.05) is 6.07 Å². The lowest BCUT2D eigenvalue weighted by Crippen LogP contribution is -2.53. The molecule has 0 spiro atoms. The molecule has 0 bridgehead atoms. The summed E-state index contributed by atoms with van der Waals surface area (Å²) in [5, 5.41) is 19.3. The largest absolute Gasteiger partial charge is 0.384 e. The van der Waals surface area contributed by atoms with Gasteiger partial charge in [0.2, 0.25) is 0 Å².